The molecular weight excluding hydrogens is 226 g/mol. The number of ether oxygens (including phenoxy) is 1. The van der Waals surface area contributed by atoms with Crippen molar-refractivity contribution in [3.63, 3.8) is 0 Å². The summed E-state index contributed by atoms with van der Waals surface area (Å²) in [5.41, 5.74) is 0. The van der Waals surface area contributed by atoms with Crippen LogP contribution in [0, 0.1) is 0 Å². The van der Waals surface area contributed by atoms with Gasteiger partial charge in [0, 0.05) is 25.4 Å². The molecule has 0 spiro atoms. The molecule has 0 aromatic rings. The van der Waals surface area contributed by atoms with Gasteiger partial charge in [-0.25, -0.2) is 0 Å². The summed E-state index contributed by atoms with van der Waals surface area (Å²) >= 11 is 0. The zero-order valence-corrected chi connectivity index (χ0v) is 10.6. The number of quaternary nitrogens is 1. The number of carbonyl (C=O) groups excluding carboxylic acids is 2. The van der Waals surface area contributed by atoms with Gasteiger partial charge in [0.1, 0.15) is 6.54 Å². The molecule has 1 unspecified atom stereocenters. The topological polar surface area (TPSA) is 86.7 Å². The first kappa shape index (κ1) is 15.9. The maximum Gasteiger partial charge on any atom is 0.306 e. The minimum Gasteiger partial charge on any atom is -0.550 e. The Balaban J connectivity index is 4.28. The summed E-state index contributed by atoms with van der Waals surface area (Å²) < 4.78 is 5.54. The number of likely N-dealkylation sites (N-methyl/N-ethyl adjacent to an activating group) is 1. The molecular formula is C11H21NO5. The summed E-state index contributed by atoms with van der Waals surface area (Å²) in [5.74, 6) is -1.72. The standard InChI is InChI=1S/C11H21NO5/c1-12(2,3)8-9(7-10(14)15)17-11(16)5-4-6-13/h9,13H,4-8H2,1-3H3. The summed E-state index contributed by atoms with van der Waals surface area (Å²) in [6.45, 7) is 0.314. The maximum atomic E-state index is 11.3. The molecule has 0 radical (unpaired) electrons. The van der Waals surface area contributed by atoms with E-state index in [1.807, 2.05) is 21.1 Å². The Morgan fingerprint density at radius 1 is 1.35 bits per heavy atom. The van der Waals surface area contributed by atoms with Gasteiger partial charge in [-0.1, -0.05) is 0 Å². The number of rotatable bonds is 8. The van der Waals surface area contributed by atoms with Crippen LogP contribution in [0.1, 0.15) is 19.3 Å². The molecule has 0 amide bonds. The summed E-state index contributed by atoms with van der Waals surface area (Å²) in [5, 5.41) is 19.1. The van der Waals surface area contributed by atoms with Crippen molar-refractivity contribution in [2.45, 2.75) is 25.4 Å². The Labute approximate surface area is 101 Å². The molecule has 0 bridgehead atoms. The quantitative estimate of drug-likeness (QED) is 0.417. The zero-order chi connectivity index (χ0) is 13.5. The lowest BCUT2D eigenvalue weighted by Gasteiger charge is -2.29. The van der Waals surface area contributed by atoms with Crippen LogP contribution in [-0.4, -0.2) is 61.9 Å². The first-order chi connectivity index (χ1) is 7.74. The molecule has 100 valence electrons. The van der Waals surface area contributed by atoms with Gasteiger partial charge < -0.3 is 24.2 Å². The predicted molar refractivity (Wildman–Crippen MR) is 58.7 cm³/mol. The molecule has 0 saturated carbocycles. The molecule has 0 aliphatic carbocycles. The monoisotopic (exact) mass is 247 g/mol. The zero-order valence-electron chi connectivity index (χ0n) is 10.6. The summed E-state index contributed by atoms with van der Waals surface area (Å²) in [4.78, 5) is 21.9. The molecule has 0 aromatic carbocycles. The van der Waals surface area contributed by atoms with Crippen molar-refractivity contribution in [1.29, 1.82) is 0 Å². The van der Waals surface area contributed by atoms with E-state index in [0.717, 1.165) is 0 Å². The Bertz CT molecular complexity index is 259. The van der Waals surface area contributed by atoms with Gasteiger partial charge in [-0.15, -0.1) is 0 Å². The molecule has 0 aliphatic heterocycles. The second kappa shape index (κ2) is 7.24. The van der Waals surface area contributed by atoms with Crippen molar-refractivity contribution in [1.82, 2.24) is 0 Å². The van der Waals surface area contributed by atoms with Gasteiger partial charge in [-0.3, -0.25) is 4.79 Å². The van der Waals surface area contributed by atoms with Gasteiger partial charge in [0.15, 0.2) is 6.10 Å². The van der Waals surface area contributed by atoms with Gasteiger partial charge in [-0.2, -0.15) is 0 Å². The van der Waals surface area contributed by atoms with Gasteiger partial charge in [0.2, 0.25) is 0 Å². The fourth-order valence-corrected chi connectivity index (χ4v) is 1.41. The predicted octanol–water partition coefficient (Wildman–Crippen LogP) is -1.48. The first-order valence-electron chi connectivity index (χ1n) is 5.55. The third kappa shape index (κ3) is 9.77. The SMILES string of the molecule is C[N+](C)(C)CC(CC(=O)[O-])OC(=O)CCCO. The highest BCUT2D eigenvalue weighted by Crippen LogP contribution is 2.06. The first-order valence-corrected chi connectivity index (χ1v) is 5.55. The van der Waals surface area contributed by atoms with Crippen LogP contribution in [0.25, 0.3) is 0 Å². The van der Waals surface area contributed by atoms with E-state index in [4.69, 9.17) is 9.84 Å². The number of nitrogens with zero attached hydrogens (tertiary/aromatic N) is 1. The van der Waals surface area contributed by atoms with E-state index in [-0.39, 0.29) is 19.4 Å². The number of aliphatic hydroxyl groups is 1. The lowest BCUT2D eigenvalue weighted by molar-refractivity contribution is -0.873. The van der Waals surface area contributed by atoms with Crippen molar-refractivity contribution in [3.05, 3.63) is 0 Å². The van der Waals surface area contributed by atoms with Crippen LogP contribution < -0.4 is 5.11 Å². The van der Waals surface area contributed by atoms with Crippen LogP contribution in [0.2, 0.25) is 0 Å². The molecule has 6 heteroatoms. The van der Waals surface area contributed by atoms with Gasteiger partial charge in [0.25, 0.3) is 0 Å². The average molecular weight is 247 g/mol. The van der Waals surface area contributed by atoms with Crippen LogP contribution in [-0.2, 0) is 14.3 Å². The number of hydrogen-bond donors (Lipinski definition) is 1. The lowest BCUT2D eigenvalue weighted by atomic mass is 10.2. The van der Waals surface area contributed by atoms with Crippen LogP contribution in [0.3, 0.4) is 0 Å². The van der Waals surface area contributed by atoms with Crippen molar-refractivity contribution >= 4 is 11.9 Å². The number of carbonyl (C=O) groups is 2. The van der Waals surface area contributed by atoms with Gasteiger partial charge >= 0.3 is 5.97 Å². The van der Waals surface area contributed by atoms with E-state index in [9.17, 15) is 14.7 Å². The van der Waals surface area contributed by atoms with E-state index >= 15 is 0 Å². The normalized spacial score (nSPS) is 13.2. The van der Waals surface area contributed by atoms with E-state index in [1.54, 1.807) is 0 Å². The minimum absolute atomic E-state index is 0.0877. The van der Waals surface area contributed by atoms with Crippen molar-refractivity contribution in [2.24, 2.45) is 0 Å². The molecule has 0 heterocycles. The Hall–Kier alpha value is -1.14. The molecule has 0 aliphatic rings. The highest BCUT2D eigenvalue weighted by atomic mass is 16.5. The number of carboxylic acids is 1. The molecule has 1 atom stereocenters. The van der Waals surface area contributed by atoms with Crippen molar-refractivity contribution in [2.75, 3.05) is 34.3 Å². The largest absolute Gasteiger partial charge is 0.550 e. The Kier molecular flexibility index (Phi) is 6.75. The van der Waals surface area contributed by atoms with Crippen molar-refractivity contribution in [3.8, 4) is 0 Å². The molecule has 0 fully saturated rings. The molecule has 17 heavy (non-hydrogen) atoms. The molecule has 1 N–H and O–H groups in total. The summed E-state index contributed by atoms with van der Waals surface area (Å²) in [6.07, 6.45) is -0.579. The van der Waals surface area contributed by atoms with E-state index in [1.165, 1.54) is 0 Å². The van der Waals surface area contributed by atoms with E-state index in [0.29, 0.717) is 17.4 Å². The lowest BCUT2D eigenvalue weighted by Crippen LogP contribution is -2.45. The molecule has 6 nitrogen and oxygen atoms in total. The minimum atomic E-state index is -1.24. The van der Waals surface area contributed by atoms with E-state index in [2.05, 4.69) is 0 Å². The second-order valence-corrected chi connectivity index (χ2v) is 4.99. The summed E-state index contributed by atoms with van der Waals surface area (Å²) in [7, 11) is 5.64. The molecule has 0 saturated heterocycles. The van der Waals surface area contributed by atoms with E-state index < -0.39 is 18.0 Å². The highest BCUT2D eigenvalue weighted by Gasteiger charge is 2.22. The van der Waals surface area contributed by atoms with Gasteiger partial charge in [-0.05, 0) is 6.42 Å². The number of aliphatic hydroxyl groups excluding tert-OH is 1. The highest BCUT2D eigenvalue weighted by molar-refractivity contribution is 5.70. The maximum absolute atomic E-state index is 11.3. The third-order valence-electron chi connectivity index (χ3n) is 1.98. The number of carboxylic acid groups (broad SMARTS) is 1. The van der Waals surface area contributed by atoms with Crippen LogP contribution in [0.5, 0.6) is 0 Å². The fraction of sp³-hybridized carbons (Fsp3) is 0.818. The third-order valence-corrected chi connectivity index (χ3v) is 1.98. The average Bonchev–Trinajstić information content (AvgIpc) is 2.10. The van der Waals surface area contributed by atoms with Crippen LogP contribution in [0.15, 0.2) is 0 Å². The second-order valence-electron chi connectivity index (χ2n) is 4.99. The van der Waals surface area contributed by atoms with Gasteiger partial charge in [0.05, 0.1) is 21.1 Å². The van der Waals surface area contributed by atoms with Crippen LogP contribution >= 0.6 is 0 Å². The Morgan fingerprint density at radius 3 is 2.35 bits per heavy atom. The number of hydrogen-bond acceptors (Lipinski definition) is 5. The molecule has 0 aromatic heterocycles. The van der Waals surface area contributed by atoms with Crippen molar-refractivity contribution < 1.29 is 29.0 Å². The fourth-order valence-electron chi connectivity index (χ4n) is 1.41. The Morgan fingerprint density at radius 2 is 1.94 bits per heavy atom. The smallest absolute Gasteiger partial charge is 0.306 e. The van der Waals surface area contributed by atoms with Crippen LogP contribution in [0.4, 0.5) is 0 Å². The summed E-state index contributed by atoms with van der Waals surface area (Å²) in [6, 6.07) is 0. The molecule has 0 rings (SSSR count). The number of aliphatic carboxylic acids is 1. The number of esters is 1.